The first-order valence-electron chi connectivity index (χ1n) is 9.86. The van der Waals surface area contributed by atoms with Gasteiger partial charge in [-0.2, -0.15) is 0 Å². The lowest BCUT2D eigenvalue weighted by atomic mass is 10.2. The van der Waals surface area contributed by atoms with Crippen LogP contribution in [0.5, 0.6) is 5.75 Å². The Morgan fingerprint density at radius 3 is 2.65 bits per heavy atom. The Morgan fingerprint density at radius 2 is 1.94 bits per heavy atom. The summed E-state index contributed by atoms with van der Waals surface area (Å²) in [5, 5.41) is 0.519. The molecule has 4 aromatic rings. The number of ether oxygens (including phenoxy) is 1. The number of nitrogens with one attached hydrogen (secondary N) is 1. The number of rotatable bonds is 7. The number of nitrogens with zero attached hydrogens (tertiary/aromatic N) is 3. The van der Waals surface area contributed by atoms with Gasteiger partial charge in [-0.1, -0.05) is 11.8 Å². The Labute approximate surface area is 183 Å². The Balaban J connectivity index is 1.49. The molecule has 0 fully saturated rings. The van der Waals surface area contributed by atoms with Crippen molar-refractivity contribution in [3.8, 4) is 28.5 Å². The van der Waals surface area contributed by atoms with E-state index in [9.17, 15) is 4.79 Å². The first-order valence-corrected chi connectivity index (χ1v) is 10.8. The molecular weight excluding hydrogens is 412 g/mol. The number of benzene rings is 1. The van der Waals surface area contributed by atoms with Gasteiger partial charge in [0.1, 0.15) is 11.5 Å². The van der Waals surface area contributed by atoms with Gasteiger partial charge in [-0.05, 0) is 57.2 Å². The number of hydrogen-bond acceptors (Lipinski definition) is 7. The first-order chi connectivity index (χ1) is 15.0. The average Bonchev–Trinajstić information content (AvgIpc) is 3.13. The summed E-state index contributed by atoms with van der Waals surface area (Å²) in [5.41, 5.74) is 2.84. The number of H-pyrrole nitrogens is 1. The van der Waals surface area contributed by atoms with Crippen molar-refractivity contribution in [2.75, 3.05) is 0 Å². The van der Waals surface area contributed by atoms with E-state index >= 15 is 0 Å². The van der Waals surface area contributed by atoms with Gasteiger partial charge in [-0.3, -0.25) is 9.78 Å². The van der Waals surface area contributed by atoms with Gasteiger partial charge in [-0.15, -0.1) is 0 Å². The second kappa shape index (κ2) is 9.18. The fourth-order valence-electron chi connectivity index (χ4n) is 2.94. The zero-order chi connectivity index (χ0) is 21.8. The Morgan fingerprint density at radius 1 is 1.13 bits per heavy atom. The molecule has 1 N–H and O–H groups in total. The lowest BCUT2D eigenvalue weighted by Crippen LogP contribution is -2.08. The molecule has 0 radical (unpaired) electrons. The van der Waals surface area contributed by atoms with Crippen molar-refractivity contribution in [3.05, 3.63) is 76.7 Å². The second-order valence-corrected chi connectivity index (χ2v) is 8.14. The minimum Gasteiger partial charge on any atom is -0.491 e. The van der Waals surface area contributed by atoms with Crippen LogP contribution < -0.4 is 10.3 Å². The maximum atomic E-state index is 12.1. The van der Waals surface area contributed by atoms with E-state index in [0.717, 1.165) is 28.3 Å². The molecule has 158 valence electrons. The molecular formula is C23H22N4O3S. The zero-order valence-corrected chi connectivity index (χ0v) is 18.3. The predicted octanol–water partition coefficient (Wildman–Crippen LogP) is 4.87. The van der Waals surface area contributed by atoms with Crippen molar-refractivity contribution in [1.29, 1.82) is 0 Å². The van der Waals surface area contributed by atoms with Gasteiger partial charge in [0.25, 0.3) is 5.56 Å². The topological polar surface area (TPSA) is 93.9 Å². The quantitative estimate of drug-likeness (QED) is 0.327. The molecule has 0 unspecified atom stereocenters. The van der Waals surface area contributed by atoms with Crippen LogP contribution in [0.1, 0.15) is 25.3 Å². The molecule has 31 heavy (non-hydrogen) atoms. The highest BCUT2D eigenvalue weighted by Crippen LogP contribution is 2.28. The number of aryl methyl sites for hydroxylation is 1. The largest absolute Gasteiger partial charge is 0.491 e. The number of hydrogen-bond donors (Lipinski definition) is 1. The van der Waals surface area contributed by atoms with Crippen LogP contribution in [-0.2, 0) is 5.75 Å². The molecule has 8 heteroatoms. The molecule has 0 spiro atoms. The van der Waals surface area contributed by atoms with Crippen molar-refractivity contribution in [2.24, 2.45) is 0 Å². The maximum Gasteiger partial charge on any atom is 0.252 e. The van der Waals surface area contributed by atoms with Gasteiger partial charge in [0.15, 0.2) is 5.16 Å². The third kappa shape index (κ3) is 5.21. The lowest BCUT2D eigenvalue weighted by Gasteiger charge is -2.09. The Hall–Kier alpha value is -3.39. The summed E-state index contributed by atoms with van der Waals surface area (Å²) < 4.78 is 11.5. The van der Waals surface area contributed by atoms with Crippen molar-refractivity contribution in [2.45, 2.75) is 37.8 Å². The summed E-state index contributed by atoms with van der Waals surface area (Å²) in [7, 11) is 0. The van der Waals surface area contributed by atoms with Crippen molar-refractivity contribution in [1.82, 2.24) is 19.9 Å². The van der Waals surface area contributed by atoms with Gasteiger partial charge < -0.3 is 14.1 Å². The average molecular weight is 435 g/mol. The highest BCUT2D eigenvalue weighted by atomic mass is 32.2. The molecule has 0 saturated carbocycles. The molecule has 0 aliphatic heterocycles. The number of thioether (sulfide) groups is 1. The molecule has 4 rings (SSSR count). The van der Waals surface area contributed by atoms with E-state index in [4.69, 9.17) is 9.15 Å². The number of pyridine rings is 1. The fourth-order valence-corrected chi connectivity index (χ4v) is 3.81. The normalized spacial score (nSPS) is 11.1. The van der Waals surface area contributed by atoms with Crippen LogP contribution in [0, 0.1) is 6.92 Å². The SMILES string of the molecule is Cc1oc(-c2ccc(OC(C)C)cc2)nc1CSc1nc(-c2cccnc2)cc(=O)[nH]1. The summed E-state index contributed by atoms with van der Waals surface area (Å²) >= 11 is 1.40. The minimum absolute atomic E-state index is 0.121. The molecule has 0 saturated heterocycles. The first kappa shape index (κ1) is 20.9. The summed E-state index contributed by atoms with van der Waals surface area (Å²) in [5.74, 6) is 2.61. The van der Waals surface area contributed by atoms with Crippen LogP contribution in [0.2, 0.25) is 0 Å². The fraction of sp³-hybridized carbons (Fsp3) is 0.217. The van der Waals surface area contributed by atoms with E-state index in [2.05, 4.69) is 19.9 Å². The number of aromatic amines is 1. The summed E-state index contributed by atoms with van der Waals surface area (Å²) in [6.07, 6.45) is 3.49. The van der Waals surface area contributed by atoms with E-state index in [-0.39, 0.29) is 11.7 Å². The second-order valence-electron chi connectivity index (χ2n) is 7.18. The van der Waals surface area contributed by atoms with E-state index in [0.29, 0.717) is 22.5 Å². The van der Waals surface area contributed by atoms with Gasteiger partial charge >= 0.3 is 0 Å². The van der Waals surface area contributed by atoms with Gasteiger partial charge in [0.2, 0.25) is 5.89 Å². The Kier molecular flexibility index (Phi) is 6.18. The molecule has 1 aromatic carbocycles. The third-order valence-electron chi connectivity index (χ3n) is 4.39. The van der Waals surface area contributed by atoms with Crippen LogP contribution in [0.25, 0.3) is 22.7 Å². The van der Waals surface area contributed by atoms with Crippen LogP contribution in [0.15, 0.2) is 69.2 Å². The highest BCUT2D eigenvalue weighted by molar-refractivity contribution is 7.98. The van der Waals surface area contributed by atoms with Crippen LogP contribution in [-0.4, -0.2) is 26.0 Å². The van der Waals surface area contributed by atoms with E-state index in [1.165, 1.54) is 17.8 Å². The molecule has 0 bridgehead atoms. The standard InChI is InChI=1S/C23H22N4O3S/c1-14(2)29-18-8-6-16(7-9-18)22-25-20(15(3)30-22)13-31-23-26-19(11-21(28)27-23)17-5-4-10-24-12-17/h4-12,14H,13H2,1-3H3,(H,26,27,28). The van der Waals surface area contributed by atoms with Crippen LogP contribution in [0.3, 0.4) is 0 Å². The van der Waals surface area contributed by atoms with E-state index in [1.807, 2.05) is 57.2 Å². The molecule has 7 nitrogen and oxygen atoms in total. The molecule has 0 amide bonds. The summed E-state index contributed by atoms with van der Waals surface area (Å²) in [6, 6.07) is 12.8. The van der Waals surface area contributed by atoms with Crippen LogP contribution in [0.4, 0.5) is 0 Å². The predicted molar refractivity (Wildman–Crippen MR) is 120 cm³/mol. The molecule has 3 heterocycles. The van der Waals surface area contributed by atoms with Crippen molar-refractivity contribution in [3.63, 3.8) is 0 Å². The smallest absolute Gasteiger partial charge is 0.252 e. The van der Waals surface area contributed by atoms with E-state index in [1.54, 1.807) is 12.4 Å². The molecule has 0 aliphatic rings. The molecule has 0 atom stereocenters. The van der Waals surface area contributed by atoms with E-state index < -0.39 is 0 Å². The monoisotopic (exact) mass is 434 g/mol. The molecule has 0 aliphatic carbocycles. The van der Waals surface area contributed by atoms with Crippen LogP contribution >= 0.6 is 11.8 Å². The van der Waals surface area contributed by atoms with Gasteiger partial charge in [0.05, 0.1) is 17.5 Å². The number of oxazole rings is 1. The van der Waals surface area contributed by atoms with Gasteiger partial charge in [0, 0.05) is 35.3 Å². The summed E-state index contributed by atoms with van der Waals surface area (Å²) in [6.45, 7) is 5.86. The van der Waals surface area contributed by atoms with Gasteiger partial charge in [-0.25, -0.2) is 9.97 Å². The molecule has 3 aromatic heterocycles. The highest BCUT2D eigenvalue weighted by Gasteiger charge is 2.13. The lowest BCUT2D eigenvalue weighted by molar-refractivity contribution is 0.242. The third-order valence-corrected chi connectivity index (χ3v) is 5.27. The Bertz CT molecular complexity index is 1220. The zero-order valence-electron chi connectivity index (χ0n) is 17.5. The maximum absolute atomic E-state index is 12.1. The summed E-state index contributed by atoms with van der Waals surface area (Å²) in [4.78, 5) is 28.1. The minimum atomic E-state index is -0.211. The van der Waals surface area contributed by atoms with Crippen molar-refractivity contribution < 1.29 is 9.15 Å². The number of aromatic nitrogens is 4. The van der Waals surface area contributed by atoms with Crippen molar-refractivity contribution >= 4 is 11.8 Å².